The van der Waals surface area contributed by atoms with Crippen LogP contribution in [-0.4, -0.2) is 51.0 Å². The summed E-state index contributed by atoms with van der Waals surface area (Å²) >= 11 is 0. The van der Waals surface area contributed by atoms with Gasteiger partial charge in [0.05, 0.1) is 7.11 Å². The highest BCUT2D eigenvalue weighted by Crippen LogP contribution is 2.16. The lowest BCUT2D eigenvalue weighted by Crippen LogP contribution is -2.35. The van der Waals surface area contributed by atoms with Gasteiger partial charge >= 0.3 is 0 Å². The van der Waals surface area contributed by atoms with E-state index >= 15 is 0 Å². The summed E-state index contributed by atoms with van der Waals surface area (Å²) < 4.78 is 5.20. The predicted octanol–water partition coefficient (Wildman–Crippen LogP) is 0.379. The second-order valence-corrected chi connectivity index (χ2v) is 4.92. The molecule has 0 aliphatic rings. The number of rotatable bonds is 8. The van der Waals surface area contributed by atoms with E-state index in [9.17, 15) is 9.59 Å². The Kier molecular flexibility index (Phi) is 7.25. The van der Waals surface area contributed by atoms with Crippen LogP contribution in [0.3, 0.4) is 0 Å². The number of ether oxygens (including phenoxy) is 1. The lowest BCUT2D eigenvalue weighted by Gasteiger charge is -2.11. The summed E-state index contributed by atoms with van der Waals surface area (Å²) in [5.41, 5.74) is 0.876. The van der Waals surface area contributed by atoms with Gasteiger partial charge in [-0.1, -0.05) is 18.2 Å². The molecule has 0 bridgehead atoms. The summed E-state index contributed by atoms with van der Waals surface area (Å²) in [6.07, 6.45) is -0.164. The van der Waals surface area contributed by atoms with Crippen LogP contribution < -0.4 is 15.4 Å². The largest absolute Gasteiger partial charge is 0.496 e. The van der Waals surface area contributed by atoms with E-state index in [1.54, 1.807) is 7.11 Å². The Hall–Kier alpha value is -2.08. The minimum absolute atomic E-state index is 0.164. The van der Waals surface area contributed by atoms with E-state index in [1.807, 2.05) is 43.3 Å². The van der Waals surface area contributed by atoms with Gasteiger partial charge in [0, 0.05) is 25.2 Å². The third-order valence-electron chi connectivity index (χ3n) is 2.87. The van der Waals surface area contributed by atoms with Gasteiger partial charge in [0.25, 0.3) is 0 Å². The quantitative estimate of drug-likeness (QED) is 0.680. The van der Waals surface area contributed by atoms with E-state index in [0.29, 0.717) is 18.8 Å². The zero-order chi connectivity index (χ0) is 15.7. The molecule has 0 spiro atoms. The molecule has 0 saturated carbocycles. The zero-order valence-electron chi connectivity index (χ0n) is 12.8. The molecule has 21 heavy (non-hydrogen) atoms. The molecule has 2 amide bonds. The minimum atomic E-state index is -0.303. The number of methoxy groups -OCH3 is 1. The van der Waals surface area contributed by atoms with Gasteiger partial charge in [-0.25, -0.2) is 0 Å². The highest BCUT2D eigenvalue weighted by atomic mass is 16.5. The van der Waals surface area contributed by atoms with Gasteiger partial charge in [0.15, 0.2) is 0 Å². The second-order valence-electron chi connectivity index (χ2n) is 4.92. The van der Waals surface area contributed by atoms with Crippen molar-refractivity contribution >= 4 is 11.8 Å². The smallest absolute Gasteiger partial charge is 0.229 e. The SMILES string of the molecule is COc1ccccc1CNC(=O)CC(=O)NCCN(C)C. The van der Waals surface area contributed by atoms with Crippen molar-refractivity contribution in [3.8, 4) is 5.75 Å². The third-order valence-corrected chi connectivity index (χ3v) is 2.87. The van der Waals surface area contributed by atoms with E-state index in [2.05, 4.69) is 10.6 Å². The molecule has 0 saturated heterocycles. The van der Waals surface area contributed by atoms with Gasteiger partial charge in [-0.15, -0.1) is 0 Å². The van der Waals surface area contributed by atoms with Crippen molar-refractivity contribution < 1.29 is 14.3 Å². The molecular formula is C15H23N3O3. The molecule has 6 nitrogen and oxygen atoms in total. The van der Waals surface area contributed by atoms with Crippen LogP contribution in [0.1, 0.15) is 12.0 Å². The van der Waals surface area contributed by atoms with Crippen molar-refractivity contribution in [2.45, 2.75) is 13.0 Å². The number of benzene rings is 1. The van der Waals surface area contributed by atoms with Gasteiger partial charge in [-0.2, -0.15) is 0 Å². The van der Waals surface area contributed by atoms with Gasteiger partial charge < -0.3 is 20.3 Å². The fourth-order valence-electron chi connectivity index (χ4n) is 1.73. The van der Waals surface area contributed by atoms with Crippen molar-refractivity contribution in [3.05, 3.63) is 29.8 Å². The highest BCUT2D eigenvalue weighted by Gasteiger charge is 2.09. The number of nitrogens with zero attached hydrogens (tertiary/aromatic N) is 1. The van der Waals surface area contributed by atoms with Crippen LogP contribution in [0.5, 0.6) is 5.75 Å². The topological polar surface area (TPSA) is 70.7 Å². The number of hydrogen-bond acceptors (Lipinski definition) is 4. The number of hydrogen-bond donors (Lipinski definition) is 2. The van der Waals surface area contributed by atoms with E-state index in [0.717, 1.165) is 12.1 Å². The molecule has 0 atom stereocenters. The fraction of sp³-hybridized carbons (Fsp3) is 0.467. The van der Waals surface area contributed by atoms with E-state index in [-0.39, 0.29) is 18.2 Å². The Labute approximate surface area is 125 Å². The number of carbonyl (C=O) groups excluding carboxylic acids is 2. The first-order chi connectivity index (χ1) is 10.0. The summed E-state index contributed by atoms with van der Waals surface area (Å²) in [5, 5.41) is 5.41. The zero-order valence-corrected chi connectivity index (χ0v) is 12.8. The van der Waals surface area contributed by atoms with Crippen molar-refractivity contribution in [2.75, 3.05) is 34.3 Å². The highest BCUT2D eigenvalue weighted by molar-refractivity contribution is 5.96. The molecule has 0 radical (unpaired) electrons. The Morgan fingerprint density at radius 2 is 1.81 bits per heavy atom. The van der Waals surface area contributed by atoms with Crippen molar-refractivity contribution in [2.24, 2.45) is 0 Å². The van der Waals surface area contributed by atoms with Crippen LogP contribution in [0.2, 0.25) is 0 Å². The molecule has 1 aromatic carbocycles. The normalized spacial score (nSPS) is 10.3. The lowest BCUT2D eigenvalue weighted by atomic mass is 10.2. The predicted molar refractivity (Wildman–Crippen MR) is 81.0 cm³/mol. The standard InChI is InChI=1S/C15H23N3O3/c1-18(2)9-8-16-14(19)10-15(20)17-11-12-6-4-5-7-13(12)21-3/h4-7H,8-11H2,1-3H3,(H,16,19)(H,17,20). The first-order valence-electron chi connectivity index (χ1n) is 6.83. The number of likely N-dealkylation sites (N-methyl/N-ethyl adjacent to an activating group) is 1. The molecule has 1 rings (SSSR count). The molecule has 1 aromatic rings. The third kappa shape index (κ3) is 6.76. The Bertz CT molecular complexity index is 475. The van der Waals surface area contributed by atoms with Gasteiger partial charge in [-0.3, -0.25) is 9.59 Å². The number of nitrogens with one attached hydrogen (secondary N) is 2. The van der Waals surface area contributed by atoms with Crippen LogP contribution in [0.15, 0.2) is 24.3 Å². The average Bonchev–Trinajstić information content (AvgIpc) is 2.45. The lowest BCUT2D eigenvalue weighted by molar-refractivity contribution is -0.129. The molecule has 6 heteroatoms. The van der Waals surface area contributed by atoms with E-state index < -0.39 is 0 Å². The Morgan fingerprint density at radius 1 is 1.14 bits per heavy atom. The molecule has 0 heterocycles. The molecule has 0 unspecified atom stereocenters. The van der Waals surface area contributed by atoms with Crippen LogP contribution in [0, 0.1) is 0 Å². The summed E-state index contributed by atoms with van der Waals surface area (Å²) in [6.45, 7) is 1.62. The van der Waals surface area contributed by atoms with Gasteiger partial charge in [0.1, 0.15) is 12.2 Å². The van der Waals surface area contributed by atoms with Crippen LogP contribution in [-0.2, 0) is 16.1 Å². The average molecular weight is 293 g/mol. The van der Waals surface area contributed by atoms with Crippen LogP contribution in [0.25, 0.3) is 0 Å². The second kappa shape index (κ2) is 8.97. The molecule has 0 fully saturated rings. The summed E-state index contributed by atoms with van der Waals surface area (Å²) in [4.78, 5) is 25.2. The molecule has 2 N–H and O–H groups in total. The molecular weight excluding hydrogens is 270 g/mol. The minimum Gasteiger partial charge on any atom is -0.496 e. The summed E-state index contributed by atoms with van der Waals surface area (Å²) in [7, 11) is 5.43. The summed E-state index contributed by atoms with van der Waals surface area (Å²) in [6, 6.07) is 7.44. The van der Waals surface area contributed by atoms with E-state index in [1.165, 1.54) is 0 Å². The maximum atomic E-state index is 11.7. The van der Waals surface area contributed by atoms with Crippen LogP contribution >= 0.6 is 0 Å². The van der Waals surface area contributed by atoms with Gasteiger partial charge in [-0.05, 0) is 20.2 Å². The number of amides is 2. The molecule has 0 aromatic heterocycles. The van der Waals surface area contributed by atoms with Crippen molar-refractivity contribution in [1.29, 1.82) is 0 Å². The Balaban J connectivity index is 2.32. The molecule has 0 aliphatic heterocycles. The molecule has 0 aliphatic carbocycles. The fourth-order valence-corrected chi connectivity index (χ4v) is 1.73. The maximum absolute atomic E-state index is 11.7. The van der Waals surface area contributed by atoms with Crippen LogP contribution in [0.4, 0.5) is 0 Å². The summed E-state index contributed by atoms with van der Waals surface area (Å²) in [5.74, 6) is 0.144. The first kappa shape index (κ1) is 17.0. The molecule has 116 valence electrons. The van der Waals surface area contributed by atoms with Crippen molar-refractivity contribution in [3.63, 3.8) is 0 Å². The monoisotopic (exact) mass is 293 g/mol. The Morgan fingerprint density at radius 3 is 2.48 bits per heavy atom. The van der Waals surface area contributed by atoms with Gasteiger partial charge in [0.2, 0.25) is 11.8 Å². The number of para-hydroxylation sites is 1. The van der Waals surface area contributed by atoms with Crippen molar-refractivity contribution in [1.82, 2.24) is 15.5 Å². The van der Waals surface area contributed by atoms with E-state index in [4.69, 9.17) is 4.74 Å². The first-order valence-corrected chi connectivity index (χ1v) is 6.83. The maximum Gasteiger partial charge on any atom is 0.229 e. The number of carbonyl (C=O) groups is 2.